The minimum Gasteiger partial charge on any atom is -0.464 e. The maximum Gasteiger partial charge on any atom is 0.273 e. The van der Waals surface area contributed by atoms with E-state index in [0.717, 1.165) is 11.7 Å². The Morgan fingerprint density at radius 2 is 2.00 bits per heavy atom. The fraction of sp³-hybridized carbons (Fsp3) is 0.421. The molecule has 4 rings (SSSR count). The number of aromatic nitrogens is 2. The number of ether oxygens (including phenoxy) is 1. The van der Waals surface area contributed by atoms with E-state index in [1.165, 1.54) is 54.5 Å². The molecule has 1 saturated heterocycles. The molecule has 3 heterocycles. The van der Waals surface area contributed by atoms with E-state index in [4.69, 9.17) is 4.74 Å². The zero-order valence-corrected chi connectivity index (χ0v) is 14.9. The van der Waals surface area contributed by atoms with Crippen LogP contribution in [-0.4, -0.2) is 27.5 Å². The number of hydrogen-bond donors (Lipinski definition) is 0. The molecule has 4 nitrogen and oxygen atoms in total. The van der Waals surface area contributed by atoms with Crippen molar-refractivity contribution in [2.75, 3.05) is 13.1 Å². The second kappa shape index (κ2) is 6.95. The Morgan fingerprint density at radius 1 is 1.17 bits per heavy atom. The molecule has 126 valence electrons. The van der Waals surface area contributed by atoms with Gasteiger partial charge in [-0.25, -0.2) is 4.98 Å². The van der Waals surface area contributed by atoms with E-state index in [1.807, 2.05) is 5.38 Å². The van der Waals surface area contributed by atoms with Gasteiger partial charge in [0.1, 0.15) is 6.61 Å². The highest BCUT2D eigenvalue weighted by Crippen LogP contribution is 2.29. The third-order valence-corrected chi connectivity index (χ3v) is 5.60. The Labute approximate surface area is 146 Å². The SMILES string of the molecule is Cn1c(COc2nccs2)c(CN2CCCCC2)c2ccccc21. The van der Waals surface area contributed by atoms with Gasteiger partial charge in [0.05, 0.1) is 5.69 Å². The molecule has 0 atom stereocenters. The summed E-state index contributed by atoms with van der Waals surface area (Å²) in [4.78, 5) is 6.82. The first-order valence-corrected chi connectivity index (χ1v) is 9.50. The number of fused-ring (bicyclic) bond motifs is 1. The maximum atomic E-state index is 5.94. The molecule has 0 saturated carbocycles. The largest absolute Gasteiger partial charge is 0.464 e. The van der Waals surface area contributed by atoms with Gasteiger partial charge >= 0.3 is 0 Å². The molecule has 0 unspecified atom stereocenters. The zero-order valence-electron chi connectivity index (χ0n) is 14.1. The highest BCUT2D eigenvalue weighted by molar-refractivity contribution is 7.11. The van der Waals surface area contributed by atoms with Crippen LogP contribution in [0.4, 0.5) is 0 Å². The van der Waals surface area contributed by atoms with E-state index in [9.17, 15) is 0 Å². The van der Waals surface area contributed by atoms with E-state index in [1.54, 1.807) is 17.5 Å². The van der Waals surface area contributed by atoms with Gasteiger partial charge in [0, 0.05) is 36.1 Å². The number of likely N-dealkylation sites (tertiary alicyclic amines) is 1. The summed E-state index contributed by atoms with van der Waals surface area (Å²) in [5.41, 5.74) is 3.95. The third-order valence-electron chi connectivity index (χ3n) is 4.92. The molecule has 0 N–H and O–H groups in total. The molecule has 0 radical (unpaired) electrons. The second-order valence-electron chi connectivity index (χ2n) is 6.42. The van der Waals surface area contributed by atoms with E-state index in [-0.39, 0.29) is 0 Å². The molecule has 0 bridgehead atoms. The van der Waals surface area contributed by atoms with Crippen molar-refractivity contribution in [3.8, 4) is 5.19 Å². The van der Waals surface area contributed by atoms with Gasteiger partial charge in [0.2, 0.25) is 0 Å². The predicted molar refractivity (Wildman–Crippen MR) is 98.5 cm³/mol. The van der Waals surface area contributed by atoms with Gasteiger partial charge in [0.25, 0.3) is 5.19 Å². The summed E-state index contributed by atoms with van der Waals surface area (Å²) < 4.78 is 8.22. The molecule has 0 aliphatic carbocycles. The van der Waals surface area contributed by atoms with E-state index in [2.05, 4.69) is 45.8 Å². The van der Waals surface area contributed by atoms with Gasteiger partial charge in [0.15, 0.2) is 0 Å². The summed E-state index contributed by atoms with van der Waals surface area (Å²) in [6.07, 6.45) is 5.79. The summed E-state index contributed by atoms with van der Waals surface area (Å²) in [7, 11) is 2.14. The van der Waals surface area contributed by atoms with Crippen LogP contribution in [0.1, 0.15) is 30.5 Å². The number of hydrogen-bond acceptors (Lipinski definition) is 4. The molecule has 1 aromatic carbocycles. The van der Waals surface area contributed by atoms with Crippen LogP contribution in [0.15, 0.2) is 35.8 Å². The number of nitrogens with zero attached hydrogens (tertiary/aromatic N) is 3. The Hall–Kier alpha value is -1.85. The number of aryl methyl sites for hydroxylation is 1. The quantitative estimate of drug-likeness (QED) is 0.697. The molecule has 0 spiro atoms. The summed E-state index contributed by atoms with van der Waals surface area (Å²) >= 11 is 1.54. The molecule has 2 aromatic heterocycles. The van der Waals surface area contributed by atoms with Crippen molar-refractivity contribution in [2.45, 2.75) is 32.4 Å². The number of benzene rings is 1. The number of rotatable bonds is 5. The minimum atomic E-state index is 0.571. The third kappa shape index (κ3) is 3.06. The van der Waals surface area contributed by atoms with Crippen molar-refractivity contribution in [1.82, 2.24) is 14.5 Å². The van der Waals surface area contributed by atoms with Crippen LogP contribution in [0.3, 0.4) is 0 Å². The molecular weight excluding hydrogens is 318 g/mol. The highest BCUT2D eigenvalue weighted by Gasteiger charge is 2.19. The van der Waals surface area contributed by atoms with Gasteiger partial charge < -0.3 is 9.30 Å². The van der Waals surface area contributed by atoms with Crippen LogP contribution in [-0.2, 0) is 20.2 Å². The monoisotopic (exact) mass is 341 g/mol. The van der Waals surface area contributed by atoms with E-state index < -0.39 is 0 Å². The van der Waals surface area contributed by atoms with E-state index >= 15 is 0 Å². The normalized spacial score (nSPS) is 15.9. The van der Waals surface area contributed by atoms with Gasteiger partial charge in [-0.1, -0.05) is 36.0 Å². The van der Waals surface area contributed by atoms with Gasteiger partial charge in [-0.2, -0.15) is 0 Å². The molecule has 1 aliphatic heterocycles. The number of piperidine rings is 1. The fourth-order valence-electron chi connectivity index (χ4n) is 3.64. The van der Waals surface area contributed by atoms with Crippen molar-refractivity contribution >= 4 is 22.2 Å². The Bertz CT molecular complexity index is 803. The van der Waals surface area contributed by atoms with Crippen LogP contribution in [0, 0.1) is 0 Å². The lowest BCUT2D eigenvalue weighted by Gasteiger charge is -2.26. The highest BCUT2D eigenvalue weighted by atomic mass is 32.1. The van der Waals surface area contributed by atoms with Crippen molar-refractivity contribution in [3.63, 3.8) is 0 Å². The smallest absolute Gasteiger partial charge is 0.273 e. The van der Waals surface area contributed by atoms with E-state index in [0.29, 0.717) is 6.61 Å². The molecule has 5 heteroatoms. The summed E-state index contributed by atoms with van der Waals surface area (Å²) in [6, 6.07) is 8.68. The topological polar surface area (TPSA) is 30.3 Å². The lowest BCUT2D eigenvalue weighted by Crippen LogP contribution is -2.29. The van der Waals surface area contributed by atoms with Crippen LogP contribution >= 0.6 is 11.3 Å². The Balaban J connectivity index is 1.67. The predicted octanol–water partition coefficient (Wildman–Crippen LogP) is 4.20. The Kier molecular flexibility index (Phi) is 4.54. The standard InChI is InChI=1S/C19H23N3OS/c1-21-17-8-4-3-7-15(17)16(13-22-10-5-2-6-11-22)18(21)14-23-19-20-9-12-24-19/h3-4,7-9,12H,2,5-6,10-11,13-14H2,1H3. The number of para-hydroxylation sites is 1. The average molecular weight is 341 g/mol. The summed E-state index contributed by atoms with van der Waals surface area (Å²) in [5, 5.41) is 4.04. The first kappa shape index (κ1) is 15.7. The molecule has 1 aliphatic rings. The van der Waals surface area contributed by atoms with Crippen molar-refractivity contribution in [1.29, 1.82) is 0 Å². The van der Waals surface area contributed by atoms with Gasteiger partial charge in [-0.15, -0.1) is 0 Å². The second-order valence-corrected chi connectivity index (χ2v) is 7.28. The van der Waals surface area contributed by atoms with Crippen molar-refractivity contribution in [3.05, 3.63) is 47.1 Å². The van der Waals surface area contributed by atoms with Gasteiger partial charge in [-0.05, 0) is 37.6 Å². The van der Waals surface area contributed by atoms with Crippen molar-refractivity contribution < 1.29 is 4.74 Å². The first-order chi connectivity index (χ1) is 11.8. The molecule has 24 heavy (non-hydrogen) atoms. The molecule has 3 aromatic rings. The molecular formula is C19H23N3OS. The lowest BCUT2D eigenvalue weighted by atomic mass is 10.1. The average Bonchev–Trinajstić information content (AvgIpc) is 3.23. The Morgan fingerprint density at radius 3 is 2.79 bits per heavy atom. The molecule has 1 fully saturated rings. The first-order valence-electron chi connectivity index (χ1n) is 8.63. The number of thiazole rings is 1. The van der Waals surface area contributed by atoms with Crippen LogP contribution in [0.2, 0.25) is 0 Å². The van der Waals surface area contributed by atoms with Crippen LogP contribution in [0.25, 0.3) is 10.9 Å². The zero-order chi connectivity index (χ0) is 16.4. The fourth-order valence-corrected chi connectivity index (χ4v) is 4.12. The lowest BCUT2D eigenvalue weighted by molar-refractivity contribution is 0.218. The van der Waals surface area contributed by atoms with Gasteiger partial charge in [-0.3, -0.25) is 4.90 Å². The molecule has 0 amide bonds. The minimum absolute atomic E-state index is 0.571. The van der Waals surface area contributed by atoms with Crippen LogP contribution < -0.4 is 4.74 Å². The maximum absolute atomic E-state index is 5.94. The van der Waals surface area contributed by atoms with Crippen molar-refractivity contribution in [2.24, 2.45) is 7.05 Å². The summed E-state index contributed by atoms with van der Waals surface area (Å²) in [5.74, 6) is 0. The van der Waals surface area contributed by atoms with Crippen LogP contribution in [0.5, 0.6) is 5.19 Å². The summed E-state index contributed by atoms with van der Waals surface area (Å²) in [6.45, 7) is 3.99.